The average Bonchev–Trinajstić information content (AvgIpc) is 2.60. The lowest BCUT2D eigenvalue weighted by molar-refractivity contribution is 0.479. The molecule has 1 aromatic heterocycles. The van der Waals surface area contributed by atoms with Gasteiger partial charge in [0, 0.05) is 16.3 Å². The van der Waals surface area contributed by atoms with E-state index in [1.54, 1.807) is 13.4 Å². The van der Waals surface area contributed by atoms with Crippen molar-refractivity contribution in [2.24, 2.45) is 4.36 Å². The molecule has 0 spiro atoms. The maximum Gasteiger partial charge on any atom is 0.137 e. The molecule has 0 saturated carbocycles. The number of hydrogen-bond donors (Lipinski definition) is 1. The summed E-state index contributed by atoms with van der Waals surface area (Å²) < 4.78 is 10.3. The van der Waals surface area contributed by atoms with Crippen molar-refractivity contribution in [2.45, 2.75) is 24.8 Å². The number of benzene rings is 2. The first-order valence-corrected chi connectivity index (χ1v) is 8.85. The summed E-state index contributed by atoms with van der Waals surface area (Å²) in [6.07, 6.45) is 1.58. The van der Waals surface area contributed by atoms with E-state index in [1.807, 2.05) is 48.5 Å². The second kappa shape index (κ2) is 7.51. The molecule has 1 atom stereocenters. The van der Waals surface area contributed by atoms with Crippen LogP contribution in [0.1, 0.15) is 13.8 Å². The van der Waals surface area contributed by atoms with Gasteiger partial charge in [0.05, 0.1) is 29.3 Å². The molecule has 0 saturated heterocycles. The zero-order valence-electron chi connectivity index (χ0n) is 13.9. The van der Waals surface area contributed by atoms with Crippen molar-refractivity contribution >= 4 is 33.4 Å². The minimum atomic E-state index is -0.642. The van der Waals surface area contributed by atoms with Gasteiger partial charge in [-0.1, -0.05) is 18.2 Å². The van der Waals surface area contributed by atoms with Crippen molar-refractivity contribution < 1.29 is 4.18 Å². The van der Waals surface area contributed by atoms with Gasteiger partial charge in [0.2, 0.25) is 0 Å². The summed E-state index contributed by atoms with van der Waals surface area (Å²) in [4.78, 5) is 9.72. The van der Waals surface area contributed by atoms with Crippen molar-refractivity contribution in [1.29, 1.82) is 0 Å². The Hall–Kier alpha value is -2.31. The van der Waals surface area contributed by atoms with Crippen LogP contribution in [0.25, 0.3) is 10.9 Å². The zero-order chi connectivity index (χ0) is 16.9. The van der Waals surface area contributed by atoms with Crippen LogP contribution >= 0.6 is 0 Å². The molecule has 1 unspecified atom stereocenters. The van der Waals surface area contributed by atoms with Crippen LogP contribution in [0.5, 0.6) is 0 Å². The Labute approximate surface area is 144 Å². The van der Waals surface area contributed by atoms with Gasteiger partial charge in [0.15, 0.2) is 0 Å². The van der Waals surface area contributed by atoms with E-state index in [0.717, 1.165) is 27.3 Å². The van der Waals surface area contributed by atoms with Gasteiger partial charge in [-0.3, -0.25) is 0 Å². The lowest BCUT2D eigenvalue weighted by Gasteiger charge is -2.11. The molecule has 0 fully saturated rings. The van der Waals surface area contributed by atoms with Gasteiger partial charge in [-0.2, -0.15) is 4.36 Å². The van der Waals surface area contributed by atoms with E-state index in [9.17, 15) is 0 Å². The Morgan fingerprint density at radius 3 is 2.58 bits per heavy atom. The van der Waals surface area contributed by atoms with Gasteiger partial charge in [0.25, 0.3) is 0 Å². The van der Waals surface area contributed by atoms with E-state index in [0.29, 0.717) is 6.04 Å². The number of fused-ring (bicyclic) bond motifs is 1. The fourth-order valence-corrected chi connectivity index (χ4v) is 3.38. The number of nitrogens with one attached hydrogen (secondary N) is 1. The highest BCUT2D eigenvalue weighted by molar-refractivity contribution is 7.82. The molecule has 6 heteroatoms. The molecule has 0 aliphatic heterocycles. The van der Waals surface area contributed by atoms with Gasteiger partial charge in [0.1, 0.15) is 12.1 Å². The van der Waals surface area contributed by atoms with Crippen molar-refractivity contribution in [2.75, 3.05) is 12.4 Å². The number of hydrogen-bond acceptors (Lipinski definition) is 5. The van der Waals surface area contributed by atoms with Crippen LogP contribution in [0.4, 0.5) is 11.5 Å². The average molecular weight is 340 g/mol. The van der Waals surface area contributed by atoms with Gasteiger partial charge in [-0.05, 0) is 44.2 Å². The summed E-state index contributed by atoms with van der Waals surface area (Å²) in [5, 5.41) is 4.31. The molecule has 1 heterocycles. The topological polar surface area (TPSA) is 59.4 Å². The number of aromatic nitrogens is 2. The quantitative estimate of drug-likeness (QED) is 0.743. The van der Waals surface area contributed by atoms with Gasteiger partial charge < -0.3 is 9.50 Å². The predicted octanol–water partition coefficient (Wildman–Crippen LogP) is 4.50. The Morgan fingerprint density at radius 2 is 1.88 bits per heavy atom. The van der Waals surface area contributed by atoms with Crippen molar-refractivity contribution in [3.8, 4) is 0 Å². The van der Waals surface area contributed by atoms with Gasteiger partial charge in [-0.15, -0.1) is 0 Å². The van der Waals surface area contributed by atoms with E-state index >= 15 is 0 Å². The summed E-state index contributed by atoms with van der Waals surface area (Å²) in [6, 6.07) is 16.2. The molecular formula is C18H20N4OS. The molecule has 124 valence electrons. The van der Waals surface area contributed by atoms with E-state index in [-0.39, 0.29) is 0 Å². The standard InChI is InChI=1S/C18H20N4OS/c1-13(2)21-18-16-11-14(9-10-17(16)19-12-20-18)22-24(23-3)15-7-5-4-6-8-15/h4-13H,1-3H3,(H,19,20,21). The van der Waals surface area contributed by atoms with Crippen molar-refractivity contribution in [3.05, 3.63) is 54.9 Å². The number of rotatable bonds is 5. The van der Waals surface area contributed by atoms with Crippen molar-refractivity contribution in [3.63, 3.8) is 0 Å². The largest absolute Gasteiger partial charge is 0.367 e. The van der Waals surface area contributed by atoms with Gasteiger partial charge in [-0.25, -0.2) is 9.97 Å². The summed E-state index contributed by atoms with van der Waals surface area (Å²) in [5.41, 5.74) is 1.74. The third-order valence-corrected chi connectivity index (χ3v) is 4.70. The van der Waals surface area contributed by atoms with Crippen molar-refractivity contribution in [1.82, 2.24) is 9.97 Å². The zero-order valence-corrected chi connectivity index (χ0v) is 14.7. The lowest BCUT2D eigenvalue weighted by atomic mass is 10.2. The fourth-order valence-electron chi connectivity index (χ4n) is 2.31. The van der Waals surface area contributed by atoms with Crippen LogP contribution in [-0.4, -0.2) is 23.1 Å². The van der Waals surface area contributed by atoms with E-state index in [2.05, 4.69) is 29.1 Å². The lowest BCUT2D eigenvalue weighted by Crippen LogP contribution is -2.11. The smallest absolute Gasteiger partial charge is 0.137 e. The maximum absolute atomic E-state index is 5.56. The number of anilines is 1. The summed E-state index contributed by atoms with van der Waals surface area (Å²) in [5.74, 6) is 0.823. The first kappa shape index (κ1) is 16.5. The van der Waals surface area contributed by atoms with Gasteiger partial charge >= 0.3 is 0 Å². The molecule has 0 aliphatic carbocycles. The molecule has 0 radical (unpaired) electrons. The monoisotopic (exact) mass is 340 g/mol. The minimum Gasteiger partial charge on any atom is -0.367 e. The maximum atomic E-state index is 5.56. The SMILES string of the molecule is COS(=Nc1ccc2ncnc(NC(C)C)c2c1)c1ccccc1. The molecule has 1 N–H and O–H groups in total. The van der Waals surface area contributed by atoms with E-state index in [4.69, 9.17) is 8.55 Å². The van der Waals surface area contributed by atoms with Crippen LogP contribution in [-0.2, 0) is 15.2 Å². The molecule has 24 heavy (non-hydrogen) atoms. The molecule has 0 aliphatic rings. The fraction of sp³-hybridized carbons (Fsp3) is 0.222. The van der Waals surface area contributed by atoms with Crippen LogP contribution in [0, 0.1) is 0 Å². The Balaban J connectivity index is 2.05. The highest BCUT2D eigenvalue weighted by Crippen LogP contribution is 2.26. The summed E-state index contributed by atoms with van der Waals surface area (Å²) in [7, 11) is 1.03. The molecule has 2 aromatic carbocycles. The molecule has 5 nitrogen and oxygen atoms in total. The summed E-state index contributed by atoms with van der Waals surface area (Å²) in [6.45, 7) is 4.17. The molecule has 0 amide bonds. The number of nitrogens with zero attached hydrogens (tertiary/aromatic N) is 3. The molecule has 3 rings (SSSR count). The van der Waals surface area contributed by atoms with Crippen LogP contribution in [0.3, 0.4) is 0 Å². The van der Waals surface area contributed by atoms with E-state index < -0.39 is 11.0 Å². The minimum absolute atomic E-state index is 0.293. The van der Waals surface area contributed by atoms with Crippen LogP contribution in [0.2, 0.25) is 0 Å². The second-order valence-corrected chi connectivity index (χ2v) is 7.03. The molecular weight excluding hydrogens is 320 g/mol. The second-order valence-electron chi connectivity index (χ2n) is 5.54. The third kappa shape index (κ3) is 3.77. The highest BCUT2D eigenvalue weighted by atomic mass is 32.2. The Bertz CT molecular complexity index is 865. The third-order valence-electron chi connectivity index (χ3n) is 3.34. The normalized spacial score (nSPS) is 12.7. The first-order chi connectivity index (χ1) is 11.7. The highest BCUT2D eigenvalue weighted by Gasteiger charge is 2.07. The first-order valence-electron chi connectivity index (χ1n) is 7.74. The molecule has 0 bridgehead atoms. The summed E-state index contributed by atoms with van der Waals surface area (Å²) >= 11 is 0. The Morgan fingerprint density at radius 1 is 1.08 bits per heavy atom. The van der Waals surface area contributed by atoms with Crippen LogP contribution < -0.4 is 5.32 Å². The molecule has 3 aromatic rings. The predicted molar refractivity (Wildman–Crippen MR) is 99.5 cm³/mol. The van der Waals surface area contributed by atoms with E-state index in [1.165, 1.54) is 0 Å². The Kier molecular flexibility index (Phi) is 5.17. The van der Waals surface area contributed by atoms with Crippen LogP contribution in [0.15, 0.2) is 64.1 Å².